The van der Waals surface area contributed by atoms with Gasteiger partial charge in [0.05, 0.1) is 12.5 Å². The third-order valence-electron chi connectivity index (χ3n) is 4.38. The van der Waals surface area contributed by atoms with Crippen LogP contribution in [0.1, 0.15) is 46.0 Å². The van der Waals surface area contributed by atoms with E-state index in [9.17, 15) is 19.2 Å². The topological polar surface area (TPSA) is 116 Å². The second-order valence-electron chi connectivity index (χ2n) is 7.08. The maximum atomic E-state index is 12.0. The van der Waals surface area contributed by atoms with Crippen molar-refractivity contribution in [1.82, 2.24) is 10.6 Å². The number of amides is 2. The average molecular weight is 518 g/mol. The number of hydrogen-bond donors (Lipinski definition) is 2. The van der Waals surface area contributed by atoms with Crippen molar-refractivity contribution in [3.63, 3.8) is 0 Å². The molecule has 0 aliphatic heterocycles. The van der Waals surface area contributed by atoms with E-state index in [0.717, 1.165) is 36.8 Å². The normalized spacial score (nSPS) is 10.6. The first kappa shape index (κ1) is 30.8. The first-order valence-electron chi connectivity index (χ1n) is 10.4. The molecule has 0 aliphatic carbocycles. The summed E-state index contributed by atoms with van der Waals surface area (Å²) in [5.74, 6) is -0.752. The number of nitrogens with one attached hydrogen (secondary N) is 2. The van der Waals surface area contributed by atoms with Crippen LogP contribution in [0.4, 0.5) is 5.69 Å². The Morgan fingerprint density at radius 1 is 1.16 bits per heavy atom. The molecule has 2 N–H and O–H groups in total. The SMILES string of the molecule is CN/C(C)=C\C(=O)CCc1cccc([N-]C(=O)COCC(=O)NCCCCCC=O)c1.[HH].[Rb+]. The van der Waals surface area contributed by atoms with Crippen LogP contribution in [0.5, 0.6) is 0 Å². The van der Waals surface area contributed by atoms with Crippen LogP contribution in [0.25, 0.3) is 5.32 Å². The summed E-state index contributed by atoms with van der Waals surface area (Å²) in [6, 6.07) is 7.12. The van der Waals surface area contributed by atoms with E-state index in [0.29, 0.717) is 31.5 Å². The number of benzene rings is 1. The molecule has 0 fully saturated rings. The number of aryl methyl sites for hydroxylation is 1. The summed E-state index contributed by atoms with van der Waals surface area (Å²) >= 11 is 0. The maximum Gasteiger partial charge on any atom is 1.00 e. The van der Waals surface area contributed by atoms with Gasteiger partial charge in [0.1, 0.15) is 12.9 Å². The van der Waals surface area contributed by atoms with Crippen molar-refractivity contribution in [2.75, 3.05) is 26.8 Å². The van der Waals surface area contributed by atoms with E-state index in [1.807, 2.05) is 13.0 Å². The molecule has 0 aromatic heterocycles. The summed E-state index contributed by atoms with van der Waals surface area (Å²) in [4.78, 5) is 45.7. The van der Waals surface area contributed by atoms with E-state index in [1.54, 1.807) is 31.3 Å². The van der Waals surface area contributed by atoms with Gasteiger partial charge in [-0.3, -0.25) is 9.59 Å². The van der Waals surface area contributed by atoms with Crippen LogP contribution in [0, 0.1) is 0 Å². The molecule has 1 rings (SSSR count). The Labute approximate surface area is 240 Å². The van der Waals surface area contributed by atoms with E-state index in [4.69, 9.17) is 4.74 Å². The number of carbonyl (C=O) groups is 4. The quantitative estimate of drug-likeness (QED) is 0.181. The fourth-order valence-corrected chi connectivity index (χ4v) is 2.65. The minimum absolute atomic E-state index is 0. The van der Waals surface area contributed by atoms with E-state index in [2.05, 4.69) is 16.0 Å². The molecular formula is C23H34N3O5Rb. The third kappa shape index (κ3) is 15.6. The Hall–Kier alpha value is -1.19. The van der Waals surface area contributed by atoms with Crippen LogP contribution in [0.2, 0.25) is 0 Å². The van der Waals surface area contributed by atoms with Gasteiger partial charge in [0.15, 0.2) is 5.78 Å². The van der Waals surface area contributed by atoms with Gasteiger partial charge in [-0.15, -0.1) is 5.69 Å². The molecule has 1 aromatic carbocycles. The molecular weight excluding hydrogens is 484 g/mol. The van der Waals surface area contributed by atoms with Crippen molar-refractivity contribution in [2.45, 2.75) is 45.4 Å². The number of unbranched alkanes of at least 4 members (excludes halogenated alkanes) is 3. The molecule has 0 bridgehead atoms. The zero-order chi connectivity index (χ0) is 22.9. The summed E-state index contributed by atoms with van der Waals surface area (Å²) < 4.78 is 5.12. The molecule has 172 valence electrons. The molecule has 0 spiro atoms. The molecule has 2 amide bonds. The summed E-state index contributed by atoms with van der Waals surface area (Å²) in [6.07, 6.45) is 6.39. The fourth-order valence-electron chi connectivity index (χ4n) is 2.65. The molecule has 0 heterocycles. The number of ether oxygens (including phenoxy) is 1. The van der Waals surface area contributed by atoms with Crippen molar-refractivity contribution >= 4 is 29.6 Å². The van der Waals surface area contributed by atoms with Gasteiger partial charge in [-0.25, -0.2) is 0 Å². The zero-order valence-corrected chi connectivity index (χ0v) is 24.2. The van der Waals surface area contributed by atoms with E-state index < -0.39 is 5.91 Å². The summed E-state index contributed by atoms with van der Waals surface area (Å²) in [6.45, 7) is 1.84. The van der Waals surface area contributed by atoms with Gasteiger partial charge in [-0.2, -0.15) is 0 Å². The molecule has 0 atom stereocenters. The molecule has 32 heavy (non-hydrogen) atoms. The number of allylic oxidation sites excluding steroid dienone is 2. The Bertz CT molecular complexity index is 774. The summed E-state index contributed by atoms with van der Waals surface area (Å²) in [7, 11) is 1.76. The fraction of sp³-hybridized carbons (Fsp3) is 0.478. The zero-order valence-electron chi connectivity index (χ0n) is 19.3. The molecule has 0 radical (unpaired) electrons. The van der Waals surface area contributed by atoms with Gasteiger partial charge in [-0.05, 0) is 37.8 Å². The van der Waals surface area contributed by atoms with Crippen molar-refractivity contribution in [2.24, 2.45) is 0 Å². The van der Waals surface area contributed by atoms with E-state index >= 15 is 0 Å². The number of carbonyl (C=O) groups excluding carboxylic acids is 4. The molecule has 0 unspecified atom stereocenters. The largest absolute Gasteiger partial charge is 1.00 e. The van der Waals surface area contributed by atoms with Gasteiger partial charge in [0, 0.05) is 33.6 Å². The van der Waals surface area contributed by atoms with Crippen LogP contribution in [0.3, 0.4) is 0 Å². The first-order valence-corrected chi connectivity index (χ1v) is 10.4. The van der Waals surface area contributed by atoms with Crippen molar-refractivity contribution < 1.29 is 83.5 Å². The van der Waals surface area contributed by atoms with Crippen LogP contribution in [-0.2, 0) is 30.3 Å². The molecule has 0 aliphatic rings. The maximum absolute atomic E-state index is 12.0. The number of hydrogen-bond acceptors (Lipinski definition) is 6. The second kappa shape index (κ2) is 19.3. The average Bonchev–Trinajstić information content (AvgIpc) is 2.75. The number of aldehydes is 1. The molecule has 8 nitrogen and oxygen atoms in total. The van der Waals surface area contributed by atoms with E-state index in [-0.39, 0.29) is 84.5 Å². The van der Waals surface area contributed by atoms with Crippen molar-refractivity contribution in [1.29, 1.82) is 0 Å². The Morgan fingerprint density at radius 3 is 2.66 bits per heavy atom. The van der Waals surface area contributed by atoms with E-state index in [1.165, 1.54) is 0 Å². The smallest absolute Gasteiger partial charge is 0.625 e. The Kier molecular flexibility index (Phi) is 18.6. The predicted molar refractivity (Wildman–Crippen MR) is 121 cm³/mol. The number of ketones is 1. The van der Waals surface area contributed by atoms with Crippen LogP contribution in [-0.4, -0.2) is 50.7 Å². The van der Waals surface area contributed by atoms with Gasteiger partial charge in [0.25, 0.3) is 0 Å². The minimum atomic E-state index is -0.484. The number of nitrogens with zero attached hydrogens (tertiary/aromatic N) is 1. The molecule has 9 heteroatoms. The Balaban J connectivity index is 0. The van der Waals surface area contributed by atoms with Gasteiger partial charge in [0.2, 0.25) is 5.91 Å². The second-order valence-corrected chi connectivity index (χ2v) is 7.08. The third-order valence-corrected chi connectivity index (χ3v) is 4.38. The predicted octanol–water partition coefficient (Wildman–Crippen LogP) is -0.0146. The molecule has 1 aromatic rings. The van der Waals surface area contributed by atoms with Crippen molar-refractivity contribution in [3.05, 3.63) is 46.9 Å². The van der Waals surface area contributed by atoms with Crippen LogP contribution in [0.15, 0.2) is 36.0 Å². The molecule has 0 saturated heterocycles. The van der Waals surface area contributed by atoms with Gasteiger partial charge in [-0.1, -0.05) is 30.7 Å². The van der Waals surface area contributed by atoms with Gasteiger partial charge < -0.3 is 30.3 Å². The monoisotopic (exact) mass is 517 g/mol. The van der Waals surface area contributed by atoms with Crippen molar-refractivity contribution in [3.8, 4) is 0 Å². The van der Waals surface area contributed by atoms with Gasteiger partial charge >= 0.3 is 58.2 Å². The summed E-state index contributed by atoms with van der Waals surface area (Å²) in [5.41, 5.74) is 2.20. The number of rotatable bonds is 16. The minimum Gasteiger partial charge on any atom is -0.625 e. The summed E-state index contributed by atoms with van der Waals surface area (Å²) in [5, 5.41) is 9.59. The first-order chi connectivity index (χ1) is 14.9. The van der Waals surface area contributed by atoms with Crippen LogP contribution >= 0.6 is 0 Å². The standard InChI is InChI=1S/C23H33N3O5.Rb.H2/c1-18(24-2)14-21(28)11-10-19-8-7-9-20(15-19)26-23(30)17-31-16-22(29)25-12-5-3-4-6-13-27;;/h7-9,13-15H,3-6,10-12,16-17H2,1-2H3,(H3,24,25,26,28,29,30);;1H/q;+1;/p-1. The molecule has 0 saturated carbocycles. The van der Waals surface area contributed by atoms with Crippen LogP contribution < -0.4 is 68.8 Å². The Morgan fingerprint density at radius 2 is 1.94 bits per heavy atom.